The summed E-state index contributed by atoms with van der Waals surface area (Å²) in [6.07, 6.45) is 0.598. The molecule has 0 unspecified atom stereocenters. The van der Waals surface area contributed by atoms with Crippen molar-refractivity contribution in [3.8, 4) is 22.6 Å². The zero-order valence-electron chi connectivity index (χ0n) is 19.9. The average Bonchev–Trinajstić information content (AvgIpc) is 2.86. The number of ether oxygens (including phenoxy) is 1. The number of hydrogen-bond acceptors (Lipinski definition) is 9. The van der Waals surface area contributed by atoms with E-state index in [-0.39, 0.29) is 50.5 Å². The monoisotopic (exact) mass is 499 g/mol. The van der Waals surface area contributed by atoms with Crippen LogP contribution in [0.1, 0.15) is 24.0 Å². The minimum atomic E-state index is -1.16. The molecule has 1 aliphatic heterocycles. The van der Waals surface area contributed by atoms with Crippen LogP contribution in [0.5, 0.6) is 11.5 Å². The summed E-state index contributed by atoms with van der Waals surface area (Å²) < 4.78 is 5.17. The van der Waals surface area contributed by atoms with Crippen molar-refractivity contribution in [2.75, 3.05) is 19.7 Å². The molecular weight excluding hydrogens is 466 g/mol. The molecule has 2 amide bonds. The smallest absolute Gasteiger partial charge is 0.329 e. The Hall–Kier alpha value is -3.67. The highest BCUT2D eigenvalue weighted by molar-refractivity contribution is 5.92. The number of nitrogens with two attached hydrogens (primary N) is 3. The number of hydrogen-bond donors (Lipinski definition) is 7. The van der Waals surface area contributed by atoms with Crippen LogP contribution in [0.2, 0.25) is 0 Å². The number of carbonyl (C=O) groups is 3. The van der Waals surface area contributed by atoms with Gasteiger partial charge in [-0.1, -0.05) is 12.1 Å². The van der Waals surface area contributed by atoms with E-state index in [1.165, 1.54) is 12.1 Å². The Morgan fingerprint density at radius 1 is 0.917 bits per heavy atom. The molecule has 10 N–H and O–H groups in total. The van der Waals surface area contributed by atoms with Crippen LogP contribution < -0.4 is 27.8 Å². The molecule has 0 aliphatic carbocycles. The van der Waals surface area contributed by atoms with Gasteiger partial charge in [0.05, 0.1) is 6.04 Å². The Kier molecular flexibility index (Phi) is 9.23. The first-order chi connectivity index (χ1) is 17.2. The van der Waals surface area contributed by atoms with Crippen LogP contribution in [0.25, 0.3) is 11.1 Å². The molecule has 3 rings (SSSR count). The van der Waals surface area contributed by atoms with Gasteiger partial charge in [-0.15, -0.1) is 0 Å². The van der Waals surface area contributed by atoms with E-state index >= 15 is 0 Å². The van der Waals surface area contributed by atoms with Gasteiger partial charge in [0.2, 0.25) is 11.8 Å². The van der Waals surface area contributed by atoms with Crippen molar-refractivity contribution < 1.29 is 29.3 Å². The van der Waals surface area contributed by atoms with Gasteiger partial charge in [0.25, 0.3) is 0 Å². The number of phenols is 2. The van der Waals surface area contributed by atoms with Crippen LogP contribution >= 0.6 is 0 Å². The van der Waals surface area contributed by atoms with E-state index in [2.05, 4.69) is 10.6 Å². The summed E-state index contributed by atoms with van der Waals surface area (Å²) in [5, 5.41) is 26.1. The highest BCUT2D eigenvalue weighted by Gasteiger charge is 2.30. The molecule has 2 aromatic carbocycles. The predicted octanol–water partition coefficient (Wildman–Crippen LogP) is -0.599. The van der Waals surface area contributed by atoms with E-state index in [1.807, 2.05) is 0 Å². The number of carbonyl (C=O) groups excluding carboxylic acids is 3. The summed E-state index contributed by atoms with van der Waals surface area (Å²) in [6, 6.07) is 6.54. The molecule has 0 aromatic heterocycles. The van der Waals surface area contributed by atoms with Gasteiger partial charge in [0.15, 0.2) is 0 Å². The van der Waals surface area contributed by atoms with Gasteiger partial charge in [0, 0.05) is 19.4 Å². The van der Waals surface area contributed by atoms with Crippen LogP contribution in [0.4, 0.5) is 0 Å². The Morgan fingerprint density at radius 2 is 1.53 bits per heavy atom. The Bertz CT molecular complexity index is 1110. The van der Waals surface area contributed by atoms with Crippen molar-refractivity contribution in [3.05, 3.63) is 47.5 Å². The van der Waals surface area contributed by atoms with Crippen molar-refractivity contribution >= 4 is 17.8 Å². The zero-order chi connectivity index (χ0) is 26.2. The average molecular weight is 500 g/mol. The van der Waals surface area contributed by atoms with Crippen molar-refractivity contribution in [2.45, 2.75) is 43.8 Å². The lowest BCUT2D eigenvalue weighted by Crippen LogP contribution is -2.55. The molecule has 2 aromatic rings. The second kappa shape index (κ2) is 12.3. The minimum Gasteiger partial charge on any atom is -0.508 e. The van der Waals surface area contributed by atoms with Crippen molar-refractivity contribution in [3.63, 3.8) is 0 Å². The SMILES string of the molecule is NCCC[C@@H]1NC(=O)[C@@H](N)Cc2cc(ccc2O)-c2ccc(O)c(c2)C[C@@H](C(=O)OCCN)NC1=O. The first-order valence-corrected chi connectivity index (χ1v) is 11.8. The van der Waals surface area contributed by atoms with Crippen LogP contribution in [0.3, 0.4) is 0 Å². The van der Waals surface area contributed by atoms with Crippen LogP contribution in [-0.4, -0.2) is 65.8 Å². The topological polar surface area (TPSA) is 203 Å². The van der Waals surface area contributed by atoms with Crippen LogP contribution in [0, 0.1) is 0 Å². The molecular formula is C25H33N5O6. The van der Waals surface area contributed by atoms with Gasteiger partial charge < -0.3 is 42.8 Å². The van der Waals surface area contributed by atoms with E-state index < -0.39 is 35.9 Å². The van der Waals surface area contributed by atoms with Crippen LogP contribution in [0.15, 0.2) is 36.4 Å². The largest absolute Gasteiger partial charge is 0.508 e. The normalized spacial score (nSPS) is 20.5. The molecule has 11 nitrogen and oxygen atoms in total. The van der Waals surface area contributed by atoms with Gasteiger partial charge in [-0.3, -0.25) is 9.59 Å². The lowest BCUT2D eigenvalue weighted by Gasteiger charge is -2.24. The second-order valence-electron chi connectivity index (χ2n) is 8.71. The number of esters is 1. The van der Waals surface area contributed by atoms with E-state index in [0.717, 1.165) is 0 Å². The Labute approximate surface area is 209 Å². The summed E-state index contributed by atoms with van der Waals surface area (Å²) in [5.74, 6) is -2.02. The third-order valence-electron chi connectivity index (χ3n) is 5.99. The summed E-state index contributed by atoms with van der Waals surface area (Å²) in [4.78, 5) is 38.8. The molecule has 194 valence electrons. The maximum atomic E-state index is 13.2. The summed E-state index contributed by atoms with van der Waals surface area (Å²) in [6.45, 7) is 0.341. The molecule has 0 saturated heterocycles. The zero-order valence-corrected chi connectivity index (χ0v) is 19.9. The molecule has 1 heterocycles. The molecule has 36 heavy (non-hydrogen) atoms. The Morgan fingerprint density at radius 3 is 2.11 bits per heavy atom. The maximum absolute atomic E-state index is 13.2. The predicted molar refractivity (Wildman–Crippen MR) is 133 cm³/mol. The number of benzene rings is 2. The number of phenolic OH excluding ortho intramolecular Hbond substituents is 2. The lowest BCUT2D eigenvalue weighted by atomic mass is 9.95. The number of amides is 2. The van der Waals surface area contributed by atoms with E-state index in [1.54, 1.807) is 24.3 Å². The van der Waals surface area contributed by atoms with Gasteiger partial charge in [-0.05, 0) is 65.9 Å². The summed E-state index contributed by atoms with van der Waals surface area (Å²) in [5.41, 5.74) is 19.4. The van der Waals surface area contributed by atoms with E-state index in [0.29, 0.717) is 28.7 Å². The first kappa shape index (κ1) is 26.9. The lowest BCUT2D eigenvalue weighted by molar-refractivity contribution is -0.147. The third kappa shape index (κ3) is 6.72. The second-order valence-corrected chi connectivity index (χ2v) is 8.71. The fraction of sp³-hybridized carbons (Fsp3) is 0.400. The number of nitrogens with one attached hydrogen (secondary N) is 2. The number of rotatable bonds is 6. The minimum absolute atomic E-state index is 0.0227. The third-order valence-corrected chi connectivity index (χ3v) is 5.99. The van der Waals surface area contributed by atoms with Gasteiger partial charge in [-0.25, -0.2) is 4.79 Å². The van der Waals surface area contributed by atoms with Gasteiger partial charge in [-0.2, -0.15) is 0 Å². The van der Waals surface area contributed by atoms with E-state index in [4.69, 9.17) is 21.9 Å². The maximum Gasteiger partial charge on any atom is 0.329 e. The fourth-order valence-electron chi connectivity index (χ4n) is 4.00. The highest BCUT2D eigenvalue weighted by Crippen LogP contribution is 2.31. The molecule has 3 atom stereocenters. The Balaban J connectivity index is 2.08. The molecule has 11 heteroatoms. The summed E-state index contributed by atoms with van der Waals surface area (Å²) >= 11 is 0. The first-order valence-electron chi connectivity index (χ1n) is 11.8. The standard InChI is InChI=1S/C25H33N5O6/c26-7-1-2-19-24(34)30-20(25(35)36-9-8-27)13-17-11-15(4-6-22(17)32)14-3-5-21(31)16(10-14)12-18(28)23(33)29-19/h3-6,10-11,18-20,31-32H,1-2,7-9,12-13,26-28H2,(H,29,33)(H,30,34)/t18-,19-,20-/m0/s1. The quantitative estimate of drug-likeness (QED) is 0.253. The number of fused-ring (bicyclic) bond motifs is 5. The van der Waals surface area contributed by atoms with Crippen LogP contribution in [-0.2, 0) is 32.0 Å². The van der Waals surface area contributed by atoms with E-state index in [9.17, 15) is 24.6 Å². The van der Waals surface area contributed by atoms with Crippen molar-refractivity contribution in [1.29, 1.82) is 0 Å². The number of aromatic hydroxyl groups is 2. The molecule has 0 spiro atoms. The van der Waals surface area contributed by atoms with Gasteiger partial charge in [0.1, 0.15) is 30.2 Å². The molecule has 1 aliphatic rings. The fourth-order valence-corrected chi connectivity index (χ4v) is 4.00. The van der Waals surface area contributed by atoms with Crippen molar-refractivity contribution in [2.24, 2.45) is 17.2 Å². The van der Waals surface area contributed by atoms with Gasteiger partial charge >= 0.3 is 5.97 Å². The molecule has 0 fully saturated rings. The molecule has 0 radical (unpaired) electrons. The molecule has 0 saturated carbocycles. The highest BCUT2D eigenvalue weighted by atomic mass is 16.5. The van der Waals surface area contributed by atoms with Crippen molar-refractivity contribution in [1.82, 2.24) is 10.6 Å². The molecule has 4 bridgehead atoms. The summed E-state index contributed by atoms with van der Waals surface area (Å²) in [7, 11) is 0.